The van der Waals surface area contributed by atoms with Crippen molar-refractivity contribution >= 4 is 0 Å². The third-order valence-corrected chi connectivity index (χ3v) is 3.71. The Labute approximate surface area is 103 Å². The second-order valence-electron chi connectivity index (χ2n) is 4.92. The Morgan fingerprint density at radius 3 is 2.82 bits per heavy atom. The van der Waals surface area contributed by atoms with Gasteiger partial charge < -0.3 is 15.6 Å². The van der Waals surface area contributed by atoms with Crippen LogP contribution in [0.25, 0.3) is 0 Å². The number of hydrogen-bond acceptors (Lipinski definition) is 3. The van der Waals surface area contributed by atoms with Gasteiger partial charge in [-0.3, -0.25) is 0 Å². The van der Waals surface area contributed by atoms with Crippen molar-refractivity contribution < 1.29 is 9.84 Å². The maximum absolute atomic E-state index is 9.54. The van der Waals surface area contributed by atoms with E-state index in [1.165, 1.54) is 24.8 Å². The second-order valence-corrected chi connectivity index (χ2v) is 4.92. The zero-order valence-electron chi connectivity index (χ0n) is 10.4. The van der Waals surface area contributed by atoms with Gasteiger partial charge in [0.1, 0.15) is 0 Å². The fourth-order valence-electron chi connectivity index (χ4n) is 2.64. The van der Waals surface area contributed by atoms with Crippen molar-refractivity contribution in [3.63, 3.8) is 0 Å². The average molecular weight is 235 g/mol. The lowest BCUT2D eigenvalue weighted by Gasteiger charge is -2.28. The number of methoxy groups -OCH3 is 1. The number of phenolic OH excluding ortho intramolecular Hbond substituents is 1. The Balaban J connectivity index is 2.07. The monoisotopic (exact) mass is 235 g/mol. The molecule has 0 saturated heterocycles. The smallest absolute Gasteiger partial charge is 0.160 e. The van der Waals surface area contributed by atoms with Crippen LogP contribution in [0.4, 0.5) is 0 Å². The van der Waals surface area contributed by atoms with Gasteiger partial charge in [-0.1, -0.05) is 18.9 Å². The molecule has 2 atom stereocenters. The summed E-state index contributed by atoms with van der Waals surface area (Å²) in [7, 11) is 1.57. The quantitative estimate of drug-likeness (QED) is 0.846. The number of phenols is 1. The van der Waals surface area contributed by atoms with Crippen LogP contribution in [0, 0.1) is 5.92 Å². The van der Waals surface area contributed by atoms with Gasteiger partial charge in [0.15, 0.2) is 11.5 Å². The van der Waals surface area contributed by atoms with Crippen LogP contribution in [-0.2, 0) is 6.42 Å². The minimum absolute atomic E-state index is 0.198. The molecule has 3 N–H and O–H groups in total. The molecule has 1 aliphatic rings. The molecule has 1 aromatic rings. The molecule has 1 fully saturated rings. The molecule has 0 heterocycles. The number of hydrogen-bond donors (Lipinski definition) is 2. The Hall–Kier alpha value is -1.22. The Morgan fingerprint density at radius 2 is 2.12 bits per heavy atom. The van der Waals surface area contributed by atoms with Crippen molar-refractivity contribution in [3.8, 4) is 11.5 Å². The molecule has 0 spiro atoms. The molecule has 1 saturated carbocycles. The van der Waals surface area contributed by atoms with Gasteiger partial charge in [-0.25, -0.2) is 0 Å². The average Bonchev–Trinajstić information content (AvgIpc) is 2.34. The summed E-state index contributed by atoms with van der Waals surface area (Å²) in [6, 6.07) is 5.89. The molecule has 94 valence electrons. The summed E-state index contributed by atoms with van der Waals surface area (Å²) in [6.07, 6.45) is 5.88. The predicted octanol–water partition coefficient (Wildman–Crippen LogP) is 2.46. The molecule has 3 heteroatoms. The fourth-order valence-corrected chi connectivity index (χ4v) is 2.64. The lowest BCUT2D eigenvalue weighted by atomic mass is 9.81. The van der Waals surface area contributed by atoms with E-state index in [9.17, 15) is 5.11 Å². The van der Waals surface area contributed by atoms with Crippen LogP contribution < -0.4 is 10.5 Å². The Morgan fingerprint density at radius 1 is 1.35 bits per heavy atom. The highest BCUT2D eigenvalue weighted by molar-refractivity contribution is 5.41. The molecule has 0 bridgehead atoms. The Bertz CT molecular complexity index is 378. The first-order valence-electron chi connectivity index (χ1n) is 6.32. The molecule has 2 rings (SSSR count). The lowest BCUT2D eigenvalue weighted by molar-refractivity contribution is 0.305. The molecule has 17 heavy (non-hydrogen) atoms. The Kier molecular flexibility index (Phi) is 3.89. The van der Waals surface area contributed by atoms with Crippen LogP contribution in [0.5, 0.6) is 11.5 Å². The first kappa shape index (κ1) is 12.2. The van der Waals surface area contributed by atoms with E-state index in [0.29, 0.717) is 17.7 Å². The first-order chi connectivity index (χ1) is 8.20. The molecule has 0 amide bonds. The van der Waals surface area contributed by atoms with E-state index in [1.807, 2.05) is 12.1 Å². The highest BCUT2D eigenvalue weighted by atomic mass is 16.5. The normalized spacial score (nSPS) is 24.6. The van der Waals surface area contributed by atoms with Crippen molar-refractivity contribution in [2.45, 2.75) is 38.1 Å². The predicted molar refractivity (Wildman–Crippen MR) is 68.3 cm³/mol. The van der Waals surface area contributed by atoms with Crippen LogP contribution in [0.15, 0.2) is 18.2 Å². The molecular weight excluding hydrogens is 214 g/mol. The van der Waals surface area contributed by atoms with Gasteiger partial charge in [0.25, 0.3) is 0 Å². The molecule has 1 aromatic carbocycles. The van der Waals surface area contributed by atoms with E-state index in [2.05, 4.69) is 0 Å². The van der Waals surface area contributed by atoms with Crippen molar-refractivity contribution in [3.05, 3.63) is 23.8 Å². The molecule has 0 radical (unpaired) electrons. The number of ether oxygens (including phenoxy) is 1. The van der Waals surface area contributed by atoms with E-state index >= 15 is 0 Å². The summed E-state index contributed by atoms with van der Waals surface area (Å²) < 4.78 is 5.12. The molecular formula is C14H21NO2. The summed E-state index contributed by atoms with van der Waals surface area (Å²) >= 11 is 0. The number of nitrogens with two attached hydrogens (primary N) is 1. The maximum Gasteiger partial charge on any atom is 0.160 e. The number of rotatable bonds is 3. The summed E-state index contributed by atoms with van der Waals surface area (Å²) in [5, 5.41) is 9.54. The van der Waals surface area contributed by atoms with Crippen LogP contribution in [0.3, 0.4) is 0 Å². The summed E-state index contributed by atoms with van der Waals surface area (Å²) in [5.74, 6) is 1.31. The van der Waals surface area contributed by atoms with Crippen LogP contribution in [0.1, 0.15) is 31.2 Å². The standard InChI is InChI=1S/C14H21NO2/c1-17-14-9-10(6-7-13(14)16)8-11-4-2-3-5-12(11)15/h6-7,9,11-12,16H,2-5,8,15H2,1H3/t11-,12-/m1/s1. The molecule has 1 aliphatic carbocycles. The highest BCUT2D eigenvalue weighted by Gasteiger charge is 2.22. The molecule has 0 aliphatic heterocycles. The van der Waals surface area contributed by atoms with Gasteiger partial charge in [-0.15, -0.1) is 0 Å². The van der Waals surface area contributed by atoms with Crippen molar-refractivity contribution in [1.82, 2.24) is 0 Å². The van der Waals surface area contributed by atoms with Gasteiger partial charge in [-0.05, 0) is 42.9 Å². The number of benzene rings is 1. The largest absolute Gasteiger partial charge is 0.504 e. The van der Waals surface area contributed by atoms with E-state index < -0.39 is 0 Å². The summed E-state index contributed by atoms with van der Waals surface area (Å²) in [6.45, 7) is 0. The third kappa shape index (κ3) is 2.91. The van der Waals surface area contributed by atoms with Crippen LogP contribution >= 0.6 is 0 Å². The SMILES string of the molecule is COc1cc(C[C@H]2CCCC[C@H]2N)ccc1O. The zero-order valence-corrected chi connectivity index (χ0v) is 10.4. The molecule has 0 aromatic heterocycles. The van der Waals surface area contributed by atoms with E-state index in [1.54, 1.807) is 13.2 Å². The van der Waals surface area contributed by atoms with Crippen molar-refractivity contribution in [2.24, 2.45) is 11.7 Å². The van der Waals surface area contributed by atoms with Gasteiger partial charge in [-0.2, -0.15) is 0 Å². The maximum atomic E-state index is 9.54. The topological polar surface area (TPSA) is 55.5 Å². The van der Waals surface area contributed by atoms with Crippen molar-refractivity contribution in [1.29, 1.82) is 0 Å². The van der Waals surface area contributed by atoms with E-state index in [-0.39, 0.29) is 5.75 Å². The third-order valence-electron chi connectivity index (χ3n) is 3.71. The number of aromatic hydroxyl groups is 1. The zero-order chi connectivity index (χ0) is 12.3. The summed E-state index contributed by atoms with van der Waals surface area (Å²) in [5.41, 5.74) is 7.34. The van der Waals surface area contributed by atoms with Gasteiger partial charge in [0.05, 0.1) is 7.11 Å². The lowest BCUT2D eigenvalue weighted by Crippen LogP contribution is -2.34. The minimum atomic E-state index is 0.198. The van der Waals surface area contributed by atoms with Gasteiger partial charge in [0.2, 0.25) is 0 Å². The highest BCUT2D eigenvalue weighted by Crippen LogP contribution is 2.30. The fraction of sp³-hybridized carbons (Fsp3) is 0.571. The minimum Gasteiger partial charge on any atom is -0.504 e. The second kappa shape index (κ2) is 5.41. The van der Waals surface area contributed by atoms with Gasteiger partial charge in [0, 0.05) is 6.04 Å². The van der Waals surface area contributed by atoms with Crippen LogP contribution in [0.2, 0.25) is 0 Å². The molecule has 0 unspecified atom stereocenters. The van der Waals surface area contributed by atoms with E-state index in [4.69, 9.17) is 10.5 Å². The van der Waals surface area contributed by atoms with Gasteiger partial charge >= 0.3 is 0 Å². The first-order valence-corrected chi connectivity index (χ1v) is 6.32. The summed E-state index contributed by atoms with van der Waals surface area (Å²) in [4.78, 5) is 0. The van der Waals surface area contributed by atoms with Crippen LogP contribution in [-0.4, -0.2) is 18.3 Å². The molecule has 3 nitrogen and oxygen atoms in total. The van der Waals surface area contributed by atoms with Crippen molar-refractivity contribution in [2.75, 3.05) is 7.11 Å². The van der Waals surface area contributed by atoms with E-state index in [0.717, 1.165) is 12.8 Å².